The number of fused-ring (bicyclic) bond motifs is 4. The Bertz CT molecular complexity index is 2400. The number of esters is 1. The van der Waals surface area contributed by atoms with Crippen molar-refractivity contribution in [2.45, 2.75) is 44.2 Å². The Hall–Kier alpha value is -6.00. The number of benzene rings is 3. The first kappa shape index (κ1) is 35.7. The van der Waals surface area contributed by atoms with Crippen molar-refractivity contribution in [2.75, 3.05) is 11.9 Å². The second-order valence-corrected chi connectivity index (χ2v) is 14.9. The average molecular weight is 764 g/mol. The highest BCUT2D eigenvalue weighted by molar-refractivity contribution is 6.29. The molecule has 3 saturated carbocycles. The number of pyridine rings is 1. The van der Waals surface area contributed by atoms with Crippen molar-refractivity contribution in [2.24, 2.45) is 17.8 Å². The van der Waals surface area contributed by atoms with Gasteiger partial charge in [0.1, 0.15) is 21.9 Å². The Kier molecular flexibility index (Phi) is 9.51. The number of hydrogen-bond donors (Lipinski definition) is 1. The van der Waals surface area contributed by atoms with Crippen LogP contribution in [0.5, 0.6) is 0 Å². The largest absolute Gasteiger partial charge is 0.466 e. The van der Waals surface area contributed by atoms with Crippen LogP contribution >= 0.6 is 11.6 Å². The number of carbonyl (C=O) groups excluding carboxylic acids is 1. The first-order chi connectivity index (χ1) is 27.5. The Morgan fingerprint density at radius 3 is 2.02 bits per heavy atom. The lowest BCUT2D eigenvalue weighted by Gasteiger charge is -2.47. The number of aromatic nitrogens is 6. The Morgan fingerprint density at radius 2 is 1.43 bits per heavy atom. The Labute approximate surface area is 329 Å². The minimum Gasteiger partial charge on any atom is -0.466 e. The van der Waals surface area contributed by atoms with E-state index in [-0.39, 0.29) is 52.9 Å². The zero-order chi connectivity index (χ0) is 38.2. The first-order valence-corrected chi connectivity index (χ1v) is 19.5. The smallest absolute Gasteiger partial charge is 0.311 e. The van der Waals surface area contributed by atoms with Crippen LogP contribution in [0.1, 0.15) is 49.3 Å². The van der Waals surface area contributed by atoms with Crippen LogP contribution in [0.25, 0.3) is 33.9 Å². The van der Waals surface area contributed by atoms with E-state index >= 15 is 4.39 Å². The van der Waals surface area contributed by atoms with Gasteiger partial charge in [-0.1, -0.05) is 109 Å². The lowest BCUT2D eigenvalue weighted by molar-refractivity contribution is -0.154. The van der Waals surface area contributed by atoms with Crippen LogP contribution in [0.3, 0.4) is 0 Å². The molecule has 11 heteroatoms. The molecule has 0 saturated heterocycles. The molecule has 4 heterocycles. The third-order valence-corrected chi connectivity index (χ3v) is 11.7. The summed E-state index contributed by atoms with van der Waals surface area (Å²) in [4.78, 5) is 37.5. The van der Waals surface area contributed by atoms with Crippen LogP contribution in [0, 0.1) is 23.6 Å². The summed E-state index contributed by atoms with van der Waals surface area (Å²) < 4.78 is 24.6. The standard InChI is InChI=1S/C45H39ClFN7O2/c1-2-56-44(55)36-28-21-23-29(24-22-28)38(36)51-42-37(47)40(34-20-12-13-25-48-34)52-41(53-42)33-27-54(43-39(33)50-35(46)26-49-43)45(30-14-6-3-7-15-30,31-16-8-4-9-17-31)32-18-10-5-11-19-32/h3-20,25-29,36,38H,2,21-24H2,1H3,(H,51,52,53)/t28?,29?,36-,38-/m0/s1. The molecule has 3 aromatic carbocycles. The summed E-state index contributed by atoms with van der Waals surface area (Å²) in [6, 6.07) is 35.6. The minimum atomic E-state index is -0.956. The third kappa shape index (κ3) is 6.09. The van der Waals surface area contributed by atoms with E-state index in [9.17, 15) is 4.79 Å². The maximum absolute atomic E-state index is 17.0. The van der Waals surface area contributed by atoms with Gasteiger partial charge >= 0.3 is 5.97 Å². The molecule has 0 amide bonds. The van der Waals surface area contributed by atoms with Crippen molar-refractivity contribution >= 4 is 34.6 Å². The van der Waals surface area contributed by atoms with E-state index in [0.717, 1.165) is 42.4 Å². The molecule has 3 aliphatic rings. The van der Waals surface area contributed by atoms with Gasteiger partial charge in [-0.15, -0.1) is 0 Å². The lowest BCUT2D eigenvalue weighted by Crippen LogP contribution is -2.52. The summed E-state index contributed by atoms with van der Waals surface area (Å²) in [6.07, 6.45) is 8.83. The summed E-state index contributed by atoms with van der Waals surface area (Å²) in [6.45, 7) is 2.09. The van der Waals surface area contributed by atoms with Crippen molar-refractivity contribution in [1.29, 1.82) is 0 Å². The predicted octanol–water partition coefficient (Wildman–Crippen LogP) is 9.36. The molecule has 4 aromatic heterocycles. The van der Waals surface area contributed by atoms with E-state index in [0.29, 0.717) is 22.4 Å². The van der Waals surface area contributed by atoms with Gasteiger partial charge in [-0.25, -0.2) is 24.3 Å². The molecule has 2 atom stereocenters. The van der Waals surface area contributed by atoms with Crippen LogP contribution in [0.2, 0.25) is 5.15 Å². The molecular weight excluding hydrogens is 725 g/mol. The van der Waals surface area contributed by atoms with Crippen molar-refractivity contribution in [3.63, 3.8) is 0 Å². The molecule has 3 aliphatic carbocycles. The van der Waals surface area contributed by atoms with Gasteiger partial charge in [-0.3, -0.25) is 9.78 Å². The van der Waals surface area contributed by atoms with E-state index in [1.165, 1.54) is 6.20 Å². The van der Waals surface area contributed by atoms with Gasteiger partial charge in [0.25, 0.3) is 0 Å². The van der Waals surface area contributed by atoms with E-state index in [4.69, 9.17) is 36.3 Å². The normalized spacial score (nSPS) is 19.2. The van der Waals surface area contributed by atoms with E-state index in [1.54, 1.807) is 24.4 Å². The maximum Gasteiger partial charge on any atom is 0.311 e. The van der Waals surface area contributed by atoms with Gasteiger partial charge < -0.3 is 14.6 Å². The third-order valence-electron chi connectivity index (χ3n) is 11.5. The van der Waals surface area contributed by atoms with Gasteiger partial charge in [-0.05, 0) is 73.3 Å². The number of nitrogens with one attached hydrogen (secondary N) is 1. The molecular formula is C45H39ClFN7O2. The topological polar surface area (TPSA) is 108 Å². The van der Waals surface area contributed by atoms with Crippen LogP contribution in [-0.4, -0.2) is 48.1 Å². The van der Waals surface area contributed by atoms with Crippen LogP contribution in [0.4, 0.5) is 10.2 Å². The quantitative estimate of drug-likeness (QED) is 0.109. The molecule has 280 valence electrons. The highest BCUT2D eigenvalue weighted by Gasteiger charge is 2.48. The molecule has 56 heavy (non-hydrogen) atoms. The Morgan fingerprint density at radius 1 is 0.821 bits per heavy atom. The van der Waals surface area contributed by atoms with Gasteiger partial charge in [0, 0.05) is 18.4 Å². The number of ether oxygens (including phenoxy) is 1. The molecule has 3 fully saturated rings. The van der Waals surface area contributed by atoms with Crippen molar-refractivity contribution < 1.29 is 13.9 Å². The second-order valence-electron chi connectivity index (χ2n) is 14.5. The summed E-state index contributed by atoms with van der Waals surface area (Å²) >= 11 is 6.62. The summed E-state index contributed by atoms with van der Waals surface area (Å²) in [5.74, 6) is -0.851. The number of hydrogen-bond acceptors (Lipinski definition) is 8. The van der Waals surface area contributed by atoms with Crippen molar-refractivity contribution in [3.8, 4) is 22.8 Å². The molecule has 1 N–H and O–H groups in total. The molecule has 0 spiro atoms. The molecule has 2 bridgehead atoms. The fourth-order valence-electron chi connectivity index (χ4n) is 9.07. The molecule has 10 rings (SSSR count). The van der Waals surface area contributed by atoms with E-state index in [1.807, 2.05) is 67.7 Å². The fraction of sp³-hybridized carbons (Fsp3) is 0.244. The van der Waals surface area contributed by atoms with Crippen LogP contribution < -0.4 is 5.32 Å². The second kappa shape index (κ2) is 14.9. The first-order valence-electron chi connectivity index (χ1n) is 19.1. The lowest BCUT2D eigenvalue weighted by atomic mass is 9.61. The van der Waals surface area contributed by atoms with E-state index in [2.05, 4.69) is 51.3 Å². The highest BCUT2D eigenvalue weighted by atomic mass is 35.5. The van der Waals surface area contributed by atoms with Gasteiger partial charge in [0.15, 0.2) is 23.1 Å². The predicted molar refractivity (Wildman–Crippen MR) is 214 cm³/mol. The summed E-state index contributed by atoms with van der Waals surface area (Å²) in [5.41, 5.74) is 3.79. The number of nitrogens with zero attached hydrogens (tertiary/aromatic N) is 6. The van der Waals surface area contributed by atoms with Crippen LogP contribution in [-0.2, 0) is 15.1 Å². The molecule has 0 radical (unpaired) electrons. The fourth-order valence-corrected chi connectivity index (χ4v) is 9.21. The zero-order valence-electron chi connectivity index (χ0n) is 30.7. The van der Waals surface area contributed by atoms with Crippen molar-refractivity contribution in [3.05, 3.63) is 155 Å². The SMILES string of the molecule is CCOC(=O)[C@H]1C2CCC(CC2)[C@@H]1Nc1nc(-c2cn(C(c3ccccc3)(c3ccccc3)c3ccccc3)c3ncc(Cl)nc23)nc(-c2ccccn2)c1F. The van der Waals surface area contributed by atoms with E-state index < -0.39 is 17.3 Å². The summed E-state index contributed by atoms with van der Waals surface area (Å²) in [7, 11) is 0. The molecule has 7 aromatic rings. The molecule has 0 aliphatic heterocycles. The molecule has 0 unspecified atom stereocenters. The average Bonchev–Trinajstić information content (AvgIpc) is 3.62. The van der Waals surface area contributed by atoms with Gasteiger partial charge in [0.05, 0.1) is 30.0 Å². The number of carbonyl (C=O) groups is 1. The number of anilines is 1. The summed E-state index contributed by atoms with van der Waals surface area (Å²) in [5, 5.41) is 3.62. The van der Waals surface area contributed by atoms with Gasteiger partial charge in [-0.2, -0.15) is 0 Å². The maximum atomic E-state index is 17.0. The van der Waals surface area contributed by atoms with Gasteiger partial charge in [0.2, 0.25) is 0 Å². The number of rotatable bonds is 10. The Balaban J connectivity index is 1.30. The molecule has 9 nitrogen and oxygen atoms in total. The zero-order valence-corrected chi connectivity index (χ0v) is 31.5. The monoisotopic (exact) mass is 763 g/mol. The minimum absolute atomic E-state index is 0.0150. The highest BCUT2D eigenvalue weighted by Crippen LogP contribution is 2.48. The van der Waals surface area contributed by atoms with Crippen LogP contribution in [0.15, 0.2) is 128 Å². The number of halogens is 2. The van der Waals surface area contributed by atoms with Crippen molar-refractivity contribution in [1.82, 2.24) is 29.5 Å².